The van der Waals surface area contributed by atoms with Crippen molar-refractivity contribution in [2.75, 3.05) is 7.11 Å². The molecule has 2 aromatic rings. The van der Waals surface area contributed by atoms with E-state index >= 15 is 0 Å². The quantitative estimate of drug-likeness (QED) is 0.749. The number of ketones is 1. The molecule has 0 heterocycles. The normalized spacial score (nSPS) is 14.9. The first-order valence-corrected chi connectivity index (χ1v) is 5.90. The SMILES string of the molecule is COc1ccc2cc(C(=O)C3CC3)ccc2c1. The summed E-state index contributed by atoms with van der Waals surface area (Å²) in [6.45, 7) is 0. The fourth-order valence-corrected chi connectivity index (χ4v) is 2.09. The fraction of sp³-hybridized carbons (Fsp3) is 0.267. The second-order valence-electron chi connectivity index (χ2n) is 4.57. The lowest BCUT2D eigenvalue weighted by Gasteiger charge is -2.04. The molecule has 0 atom stereocenters. The van der Waals surface area contributed by atoms with Gasteiger partial charge in [0, 0.05) is 11.5 Å². The second-order valence-corrected chi connectivity index (χ2v) is 4.57. The maximum absolute atomic E-state index is 11.9. The molecule has 2 aromatic carbocycles. The van der Waals surface area contributed by atoms with Gasteiger partial charge in [0.15, 0.2) is 5.78 Å². The highest BCUT2D eigenvalue weighted by Crippen LogP contribution is 2.33. The van der Waals surface area contributed by atoms with Gasteiger partial charge >= 0.3 is 0 Å². The second kappa shape index (κ2) is 3.88. The molecule has 3 rings (SSSR count). The number of hydrogen-bond donors (Lipinski definition) is 0. The fourth-order valence-electron chi connectivity index (χ4n) is 2.09. The van der Waals surface area contributed by atoms with Crippen LogP contribution in [0.2, 0.25) is 0 Å². The summed E-state index contributed by atoms with van der Waals surface area (Å²) in [7, 11) is 1.66. The first kappa shape index (κ1) is 10.3. The van der Waals surface area contributed by atoms with Crippen LogP contribution in [0.1, 0.15) is 23.2 Å². The molecule has 1 aliphatic rings. The van der Waals surface area contributed by atoms with Gasteiger partial charge in [-0.1, -0.05) is 18.2 Å². The minimum Gasteiger partial charge on any atom is -0.497 e. The lowest BCUT2D eigenvalue weighted by atomic mass is 10.0. The maximum atomic E-state index is 11.9. The van der Waals surface area contributed by atoms with Gasteiger partial charge in [-0.25, -0.2) is 0 Å². The van der Waals surface area contributed by atoms with Crippen LogP contribution in [0.25, 0.3) is 10.8 Å². The number of carbonyl (C=O) groups excluding carboxylic acids is 1. The minimum absolute atomic E-state index is 0.283. The van der Waals surface area contributed by atoms with Gasteiger partial charge in [-0.15, -0.1) is 0 Å². The van der Waals surface area contributed by atoms with E-state index < -0.39 is 0 Å². The number of methoxy groups -OCH3 is 1. The van der Waals surface area contributed by atoms with E-state index in [2.05, 4.69) is 0 Å². The van der Waals surface area contributed by atoms with E-state index in [0.29, 0.717) is 5.78 Å². The molecule has 0 bridgehead atoms. The van der Waals surface area contributed by atoms with Gasteiger partial charge in [-0.3, -0.25) is 4.79 Å². The average Bonchev–Trinajstić information content (AvgIpc) is 3.21. The highest BCUT2D eigenvalue weighted by Gasteiger charge is 2.30. The third-order valence-corrected chi connectivity index (χ3v) is 3.28. The highest BCUT2D eigenvalue weighted by atomic mass is 16.5. The smallest absolute Gasteiger partial charge is 0.165 e. The lowest BCUT2D eigenvalue weighted by Crippen LogP contribution is -2.00. The monoisotopic (exact) mass is 226 g/mol. The van der Waals surface area contributed by atoms with Crippen molar-refractivity contribution < 1.29 is 9.53 Å². The summed E-state index contributed by atoms with van der Waals surface area (Å²) in [6.07, 6.45) is 2.11. The Labute approximate surface area is 100 Å². The van der Waals surface area contributed by atoms with Crippen LogP contribution in [0.4, 0.5) is 0 Å². The Morgan fingerprint density at radius 2 is 1.82 bits per heavy atom. The third-order valence-electron chi connectivity index (χ3n) is 3.28. The van der Waals surface area contributed by atoms with Crippen LogP contribution < -0.4 is 4.74 Å². The van der Waals surface area contributed by atoms with Crippen LogP contribution in [0.3, 0.4) is 0 Å². The molecule has 0 unspecified atom stereocenters. The molecule has 1 saturated carbocycles. The number of Topliss-reactive ketones (excluding diaryl/α,β-unsaturated/α-hetero) is 1. The zero-order valence-corrected chi connectivity index (χ0v) is 9.77. The summed E-state index contributed by atoms with van der Waals surface area (Å²) in [5.74, 6) is 1.42. The summed E-state index contributed by atoms with van der Waals surface area (Å²) < 4.78 is 5.18. The van der Waals surface area contributed by atoms with E-state index in [9.17, 15) is 4.79 Å². The largest absolute Gasteiger partial charge is 0.497 e. The number of ether oxygens (including phenoxy) is 1. The van der Waals surface area contributed by atoms with Crippen molar-refractivity contribution in [3.63, 3.8) is 0 Å². The van der Waals surface area contributed by atoms with E-state index in [4.69, 9.17) is 4.74 Å². The Kier molecular flexibility index (Phi) is 2.36. The topological polar surface area (TPSA) is 26.3 Å². The summed E-state index contributed by atoms with van der Waals surface area (Å²) in [6, 6.07) is 11.8. The molecular weight excluding hydrogens is 212 g/mol. The van der Waals surface area contributed by atoms with Gasteiger partial charge in [0.25, 0.3) is 0 Å². The van der Waals surface area contributed by atoms with Gasteiger partial charge in [-0.2, -0.15) is 0 Å². The molecule has 0 N–H and O–H groups in total. The molecule has 2 nitrogen and oxygen atoms in total. The number of fused-ring (bicyclic) bond motifs is 1. The van der Waals surface area contributed by atoms with Crippen LogP contribution in [0.15, 0.2) is 36.4 Å². The molecule has 0 radical (unpaired) electrons. The highest BCUT2D eigenvalue weighted by molar-refractivity contribution is 6.02. The first-order chi connectivity index (χ1) is 8.28. The van der Waals surface area contributed by atoms with Crippen LogP contribution in [0, 0.1) is 5.92 Å². The van der Waals surface area contributed by atoms with Crippen molar-refractivity contribution in [3.8, 4) is 5.75 Å². The molecule has 1 fully saturated rings. The van der Waals surface area contributed by atoms with Crippen molar-refractivity contribution in [1.29, 1.82) is 0 Å². The van der Waals surface area contributed by atoms with Crippen molar-refractivity contribution in [2.24, 2.45) is 5.92 Å². The molecule has 86 valence electrons. The lowest BCUT2D eigenvalue weighted by molar-refractivity contribution is 0.0968. The van der Waals surface area contributed by atoms with Gasteiger partial charge in [0.05, 0.1) is 7.11 Å². The average molecular weight is 226 g/mol. The van der Waals surface area contributed by atoms with Crippen LogP contribution in [0.5, 0.6) is 5.75 Å². The van der Waals surface area contributed by atoms with E-state index in [1.54, 1.807) is 7.11 Å². The number of benzene rings is 2. The molecule has 1 aliphatic carbocycles. The molecule has 0 saturated heterocycles. The standard InChI is InChI=1S/C15H14O2/c1-17-14-7-6-11-8-13(5-4-12(11)9-14)15(16)10-2-3-10/h4-10H,2-3H2,1H3. The Balaban J connectivity index is 2.03. The molecule has 2 heteroatoms. The van der Waals surface area contributed by atoms with Gasteiger partial charge < -0.3 is 4.74 Å². The maximum Gasteiger partial charge on any atom is 0.165 e. The Morgan fingerprint density at radius 3 is 2.53 bits per heavy atom. The predicted molar refractivity (Wildman–Crippen MR) is 67.6 cm³/mol. The van der Waals surface area contributed by atoms with Crippen LogP contribution >= 0.6 is 0 Å². The van der Waals surface area contributed by atoms with Crippen LogP contribution in [-0.2, 0) is 0 Å². The minimum atomic E-state index is 0.283. The Morgan fingerprint density at radius 1 is 1.12 bits per heavy atom. The third kappa shape index (κ3) is 1.91. The first-order valence-electron chi connectivity index (χ1n) is 5.90. The zero-order chi connectivity index (χ0) is 11.8. The van der Waals surface area contributed by atoms with Crippen molar-refractivity contribution in [1.82, 2.24) is 0 Å². The zero-order valence-electron chi connectivity index (χ0n) is 9.77. The van der Waals surface area contributed by atoms with Crippen molar-refractivity contribution >= 4 is 16.6 Å². The molecular formula is C15H14O2. The Hall–Kier alpha value is -1.83. The van der Waals surface area contributed by atoms with Crippen LogP contribution in [-0.4, -0.2) is 12.9 Å². The van der Waals surface area contributed by atoms with E-state index in [0.717, 1.165) is 34.9 Å². The van der Waals surface area contributed by atoms with Crippen molar-refractivity contribution in [2.45, 2.75) is 12.8 Å². The van der Waals surface area contributed by atoms with Gasteiger partial charge in [0.1, 0.15) is 5.75 Å². The Bertz CT molecular complexity index is 582. The molecule has 0 aliphatic heterocycles. The molecule has 0 aromatic heterocycles. The van der Waals surface area contributed by atoms with Gasteiger partial charge in [0.2, 0.25) is 0 Å². The molecule has 17 heavy (non-hydrogen) atoms. The number of hydrogen-bond acceptors (Lipinski definition) is 2. The van der Waals surface area contributed by atoms with E-state index in [-0.39, 0.29) is 5.92 Å². The summed E-state index contributed by atoms with van der Waals surface area (Å²) in [4.78, 5) is 11.9. The number of rotatable bonds is 3. The van der Waals surface area contributed by atoms with Gasteiger partial charge in [-0.05, 0) is 41.8 Å². The summed E-state index contributed by atoms with van der Waals surface area (Å²) >= 11 is 0. The summed E-state index contributed by atoms with van der Waals surface area (Å²) in [5, 5.41) is 2.20. The van der Waals surface area contributed by atoms with E-state index in [1.165, 1.54) is 0 Å². The van der Waals surface area contributed by atoms with E-state index in [1.807, 2.05) is 36.4 Å². The molecule has 0 spiro atoms. The predicted octanol–water partition coefficient (Wildman–Crippen LogP) is 3.44. The summed E-state index contributed by atoms with van der Waals surface area (Å²) in [5.41, 5.74) is 0.838. The number of carbonyl (C=O) groups is 1. The molecule has 0 amide bonds. The van der Waals surface area contributed by atoms with Crippen molar-refractivity contribution in [3.05, 3.63) is 42.0 Å².